The molecule has 2 amide bonds. The van der Waals surface area contributed by atoms with E-state index in [4.69, 9.17) is 4.74 Å². The van der Waals surface area contributed by atoms with Crippen LogP contribution in [0.15, 0.2) is 47.6 Å². The number of carbonyl (C=O) groups excluding carboxylic acids is 2. The highest BCUT2D eigenvalue weighted by Gasteiger charge is 2.07. The number of hydrogen-bond acceptors (Lipinski definition) is 5. The van der Waals surface area contributed by atoms with Crippen LogP contribution in [0.4, 0.5) is 0 Å². The van der Waals surface area contributed by atoms with Gasteiger partial charge in [0.1, 0.15) is 11.5 Å². The number of aryl methyl sites for hydroxylation is 1. The van der Waals surface area contributed by atoms with Crippen LogP contribution in [0.1, 0.15) is 21.5 Å². The third-order valence-corrected chi connectivity index (χ3v) is 3.32. The Labute approximate surface area is 145 Å². The van der Waals surface area contributed by atoms with Crippen molar-refractivity contribution in [3.8, 4) is 11.5 Å². The van der Waals surface area contributed by atoms with E-state index in [0.29, 0.717) is 16.9 Å². The van der Waals surface area contributed by atoms with Crippen molar-refractivity contribution in [2.45, 2.75) is 6.92 Å². The van der Waals surface area contributed by atoms with Gasteiger partial charge in [0, 0.05) is 11.1 Å². The smallest absolute Gasteiger partial charge is 0.259 e. The molecule has 0 radical (unpaired) electrons. The van der Waals surface area contributed by atoms with Crippen LogP contribution in [0.3, 0.4) is 0 Å². The van der Waals surface area contributed by atoms with E-state index in [1.54, 1.807) is 30.3 Å². The average Bonchev–Trinajstić information content (AvgIpc) is 2.61. The van der Waals surface area contributed by atoms with Crippen LogP contribution in [0.2, 0.25) is 0 Å². The van der Waals surface area contributed by atoms with Crippen LogP contribution in [-0.2, 0) is 4.79 Å². The molecule has 0 bridgehead atoms. The Morgan fingerprint density at radius 2 is 2.04 bits per heavy atom. The molecular weight excluding hydrogens is 322 g/mol. The molecule has 0 aromatic heterocycles. The van der Waals surface area contributed by atoms with Crippen molar-refractivity contribution < 1.29 is 19.4 Å². The van der Waals surface area contributed by atoms with Gasteiger partial charge in [-0.15, -0.1) is 0 Å². The average molecular weight is 341 g/mol. The summed E-state index contributed by atoms with van der Waals surface area (Å²) in [4.78, 5) is 23.7. The number of methoxy groups -OCH3 is 1. The lowest BCUT2D eigenvalue weighted by Crippen LogP contribution is -2.34. The Morgan fingerprint density at radius 1 is 1.24 bits per heavy atom. The largest absolute Gasteiger partial charge is 0.507 e. The highest BCUT2D eigenvalue weighted by Crippen LogP contribution is 2.20. The fourth-order valence-corrected chi connectivity index (χ4v) is 2.03. The minimum atomic E-state index is -0.486. The number of nitrogens with one attached hydrogen (secondary N) is 2. The standard InChI is InChI=1S/C18H19N3O4/c1-12-4-3-5-13(8-12)18(24)19-11-17(23)21-20-10-14-9-15(25-2)6-7-16(14)22/h3-10,22H,11H2,1-2H3,(H,19,24)(H,21,23)/b20-10+. The molecule has 0 aliphatic carbocycles. The van der Waals surface area contributed by atoms with Crippen molar-refractivity contribution in [2.75, 3.05) is 13.7 Å². The Hall–Kier alpha value is -3.35. The number of amides is 2. The Morgan fingerprint density at radius 3 is 2.76 bits per heavy atom. The topological polar surface area (TPSA) is 100 Å². The first-order valence-corrected chi connectivity index (χ1v) is 7.53. The highest BCUT2D eigenvalue weighted by molar-refractivity contribution is 5.96. The van der Waals surface area contributed by atoms with Gasteiger partial charge in [-0.25, -0.2) is 5.43 Å². The lowest BCUT2D eigenvalue weighted by molar-refractivity contribution is -0.120. The fraction of sp³-hybridized carbons (Fsp3) is 0.167. The van der Waals surface area contributed by atoms with E-state index in [0.717, 1.165) is 5.56 Å². The Balaban J connectivity index is 1.85. The summed E-state index contributed by atoms with van der Waals surface area (Å²) in [5.74, 6) is -0.268. The maximum absolute atomic E-state index is 11.9. The molecule has 2 aromatic rings. The molecule has 0 aliphatic heterocycles. The molecule has 0 saturated heterocycles. The number of rotatable bonds is 6. The van der Waals surface area contributed by atoms with Gasteiger partial charge in [-0.1, -0.05) is 17.7 Å². The zero-order valence-electron chi connectivity index (χ0n) is 13.9. The SMILES string of the molecule is COc1ccc(O)c(/C=N/NC(=O)CNC(=O)c2cccc(C)c2)c1. The molecule has 7 heteroatoms. The van der Waals surface area contributed by atoms with E-state index in [1.807, 2.05) is 13.0 Å². The van der Waals surface area contributed by atoms with Crippen LogP contribution in [-0.4, -0.2) is 36.8 Å². The monoisotopic (exact) mass is 341 g/mol. The number of hydrogen-bond donors (Lipinski definition) is 3. The van der Waals surface area contributed by atoms with Gasteiger partial charge in [-0.2, -0.15) is 5.10 Å². The fourth-order valence-electron chi connectivity index (χ4n) is 2.03. The minimum Gasteiger partial charge on any atom is -0.507 e. The zero-order valence-corrected chi connectivity index (χ0v) is 13.9. The van der Waals surface area contributed by atoms with Crippen LogP contribution >= 0.6 is 0 Å². The molecule has 130 valence electrons. The molecule has 2 aromatic carbocycles. The first-order valence-electron chi connectivity index (χ1n) is 7.53. The summed E-state index contributed by atoms with van der Waals surface area (Å²) in [5.41, 5.74) is 4.11. The van der Waals surface area contributed by atoms with E-state index in [9.17, 15) is 14.7 Å². The number of carbonyl (C=O) groups is 2. The number of phenolic OH excluding ortho intramolecular Hbond substituents is 1. The first-order chi connectivity index (χ1) is 12.0. The zero-order chi connectivity index (χ0) is 18.2. The molecule has 2 rings (SSSR count). The lowest BCUT2D eigenvalue weighted by Gasteiger charge is -2.05. The second-order valence-electron chi connectivity index (χ2n) is 5.27. The van der Waals surface area contributed by atoms with Crippen molar-refractivity contribution >= 4 is 18.0 Å². The van der Waals surface area contributed by atoms with Gasteiger partial charge >= 0.3 is 0 Å². The van der Waals surface area contributed by atoms with Crippen LogP contribution in [0.25, 0.3) is 0 Å². The number of ether oxygens (including phenoxy) is 1. The third kappa shape index (κ3) is 5.35. The summed E-state index contributed by atoms with van der Waals surface area (Å²) in [6.07, 6.45) is 1.29. The van der Waals surface area contributed by atoms with Crippen molar-refractivity contribution in [3.63, 3.8) is 0 Å². The minimum absolute atomic E-state index is 0.00606. The highest BCUT2D eigenvalue weighted by atomic mass is 16.5. The molecule has 0 heterocycles. The summed E-state index contributed by atoms with van der Waals surface area (Å²) in [5, 5.41) is 16.0. The van der Waals surface area contributed by atoms with Crippen LogP contribution in [0, 0.1) is 6.92 Å². The van der Waals surface area contributed by atoms with E-state index in [2.05, 4.69) is 15.8 Å². The normalized spacial score (nSPS) is 10.5. The molecule has 0 fully saturated rings. The van der Waals surface area contributed by atoms with E-state index >= 15 is 0 Å². The maximum Gasteiger partial charge on any atom is 0.259 e. The number of phenols is 1. The second kappa shape index (κ2) is 8.49. The van der Waals surface area contributed by atoms with Crippen molar-refractivity contribution in [3.05, 3.63) is 59.2 Å². The van der Waals surface area contributed by atoms with Gasteiger partial charge < -0.3 is 15.2 Å². The Bertz CT molecular complexity index is 803. The predicted molar refractivity (Wildman–Crippen MR) is 93.9 cm³/mol. The molecule has 0 saturated carbocycles. The second-order valence-corrected chi connectivity index (χ2v) is 5.27. The van der Waals surface area contributed by atoms with Gasteiger partial charge in [-0.3, -0.25) is 9.59 Å². The molecule has 7 nitrogen and oxygen atoms in total. The summed E-state index contributed by atoms with van der Waals surface area (Å²) in [6, 6.07) is 11.7. The maximum atomic E-state index is 11.9. The molecule has 25 heavy (non-hydrogen) atoms. The number of nitrogens with zero attached hydrogens (tertiary/aromatic N) is 1. The van der Waals surface area contributed by atoms with E-state index in [-0.39, 0.29) is 18.2 Å². The molecule has 0 aliphatic rings. The van der Waals surface area contributed by atoms with Crippen molar-refractivity contribution in [1.82, 2.24) is 10.7 Å². The van der Waals surface area contributed by atoms with Gasteiger partial charge in [-0.05, 0) is 37.3 Å². The first kappa shape index (κ1) is 18.0. The third-order valence-electron chi connectivity index (χ3n) is 3.32. The number of aromatic hydroxyl groups is 1. The molecule has 3 N–H and O–H groups in total. The van der Waals surface area contributed by atoms with E-state index in [1.165, 1.54) is 19.4 Å². The van der Waals surface area contributed by atoms with Crippen LogP contribution < -0.4 is 15.5 Å². The summed E-state index contributed by atoms with van der Waals surface area (Å²) < 4.78 is 5.04. The molecule has 0 spiro atoms. The quantitative estimate of drug-likeness (QED) is 0.549. The van der Waals surface area contributed by atoms with Gasteiger partial charge in [0.2, 0.25) is 0 Å². The number of benzene rings is 2. The molecule has 0 atom stereocenters. The van der Waals surface area contributed by atoms with Crippen molar-refractivity contribution in [1.29, 1.82) is 0 Å². The summed E-state index contributed by atoms with van der Waals surface area (Å²) >= 11 is 0. The Kier molecular flexibility index (Phi) is 6.11. The van der Waals surface area contributed by atoms with Gasteiger partial charge in [0.15, 0.2) is 0 Å². The van der Waals surface area contributed by atoms with Crippen LogP contribution in [0.5, 0.6) is 11.5 Å². The molecule has 0 unspecified atom stereocenters. The van der Waals surface area contributed by atoms with Gasteiger partial charge in [0.25, 0.3) is 11.8 Å². The van der Waals surface area contributed by atoms with Crippen molar-refractivity contribution in [2.24, 2.45) is 5.10 Å². The van der Waals surface area contributed by atoms with Gasteiger partial charge in [0.05, 0.1) is 19.9 Å². The van der Waals surface area contributed by atoms with E-state index < -0.39 is 5.91 Å². The predicted octanol–water partition coefficient (Wildman–Crippen LogP) is 1.59. The summed E-state index contributed by atoms with van der Waals surface area (Å²) in [7, 11) is 1.51. The number of hydrazone groups is 1. The molecular formula is C18H19N3O4. The summed E-state index contributed by atoms with van der Waals surface area (Å²) in [6.45, 7) is 1.67. The lowest BCUT2D eigenvalue weighted by atomic mass is 10.1.